The quantitative estimate of drug-likeness (QED) is 0.527. The zero-order valence-electron chi connectivity index (χ0n) is 14.0. The molecule has 0 heterocycles. The van der Waals surface area contributed by atoms with Gasteiger partial charge in [0.05, 0.1) is 0 Å². The van der Waals surface area contributed by atoms with E-state index < -0.39 is 16.9 Å². The van der Waals surface area contributed by atoms with Crippen molar-refractivity contribution < 1.29 is 8.85 Å². The van der Waals surface area contributed by atoms with E-state index in [4.69, 9.17) is 8.85 Å². The van der Waals surface area contributed by atoms with E-state index in [0.717, 1.165) is 5.92 Å². The van der Waals surface area contributed by atoms with Crippen molar-refractivity contribution in [3.8, 4) is 0 Å². The molecule has 2 nitrogen and oxygen atoms in total. The van der Waals surface area contributed by atoms with Crippen LogP contribution in [-0.2, 0) is 8.85 Å². The molecule has 2 aliphatic rings. The topological polar surface area (TPSA) is 18.5 Å². The third kappa shape index (κ3) is 3.78. The van der Waals surface area contributed by atoms with E-state index in [1.165, 1.54) is 37.9 Å². The van der Waals surface area contributed by atoms with Crippen molar-refractivity contribution in [2.75, 3.05) is 26.2 Å². The summed E-state index contributed by atoms with van der Waals surface area (Å²) in [5, 5.41) is 0. The van der Waals surface area contributed by atoms with Crippen molar-refractivity contribution in [3.63, 3.8) is 0 Å². The SMILES string of the molecule is CO[SiH](OC)S(C)(CC(C)(C)C)SC12CCC(CC1)C2. The first kappa shape index (κ1) is 17.2. The summed E-state index contributed by atoms with van der Waals surface area (Å²) in [6, 6.07) is 0. The molecule has 2 rings (SSSR count). The Balaban J connectivity index is 2.17. The van der Waals surface area contributed by atoms with Gasteiger partial charge in [-0.2, -0.15) is 8.51 Å². The third-order valence-electron chi connectivity index (χ3n) is 4.56. The highest BCUT2D eigenvalue weighted by molar-refractivity contribution is 9.03. The monoisotopic (exact) mass is 336 g/mol. The highest BCUT2D eigenvalue weighted by atomic mass is 33.2. The largest absolute Gasteiger partial charge is 0.393 e. The van der Waals surface area contributed by atoms with Crippen molar-refractivity contribution >= 4 is 27.7 Å². The molecule has 0 saturated heterocycles. The molecule has 2 bridgehead atoms. The summed E-state index contributed by atoms with van der Waals surface area (Å²) < 4.78 is 12.3. The third-order valence-corrected chi connectivity index (χ3v) is 17.8. The molecule has 0 aromatic rings. The van der Waals surface area contributed by atoms with Crippen LogP contribution in [0, 0.1) is 11.3 Å². The van der Waals surface area contributed by atoms with Crippen LogP contribution in [0.3, 0.4) is 0 Å². The molecule has 1 atom stereocenters. The molecule has 1 unspecified atom stereocenters. The minimum Gasteiger partial charge on any atom is -0.393 e. The van der Waals surface area contributed by atoms with Gasteiger partial charge in [0.2, 0.25) is 0 Å². The molecule has 120 valence electrons. The Hall–Kier alpha value is 0.837. The smallest absolute Gasteiger partial charge is 0.381 e. The van der Waals surface area contributed by atoms with Crippen molar-refractivity contribution in [1.82, 2.24) is 0 Å². The van der Waals surface area contributed by atoms with E-state index in [0.29, 0.717) is 10.2 Å². The molecule has 0 aromatic carbocycles. The molecule has 5 heteroatoms. The molecular formula is C15H32O2S2Si. The maximum atomic E-state index is 5.86. The summed E-state index contributed by atoms with van der Waals surface area (Å²) in [6.45, 7) is 7.08. The first-order chi connectivity index (χ1) is 9.22. The summed E-state index contributed by atoms with van der Waals surface area (Å²) in [4.78, 5) is 0. The Morgan fingerprint density at radius 3 is 2.10 bits per heavy atom. The maximum Gasteiger partial charge on any atom is 0.381 e. The van der Waals surface area contributed by atoms with Crippen LogP contribution < -0.4 is 0 Å². The molecule has 0 aromatic heterocycles. The van der Waals surface area contributed by atoms with Gasteiger partial charge >= 0.3 is 8.43 Å². The first-order valence-corrected chi connectivity index (χ1v) is 13.7. The number of fused-ring (bicyclic) bond motifs is 2. The molecule has 20 heavy (non-hydrogen) atoms. The molecule has 0 spiro atoms. The lowest BCUT2D eigenvalue weighted by Crippen LogP contribution is -2.35. The van der Waals surface area contributed by atoms with E-state index in [-0.39, 0.29) is 0 Å². The van der Waals surface area contributed by atoms with Crippen molar-refractivity contribution in [3.05, 3.63) is 0 Å². The van der Waals surface area contributed by atoms with Crippen molar-refractivity contribution in [2.45, 2.75) is 57.6 Å². The molecule has 0 aliphatic heterocycles. The van der Waals surface area contributed by atoms with Gasteiger partial charge in [-0.3, -0.25) is 0 Å². The van der Waals surface area contributed by atoms with Crippen LogP contribution in [0.25, 0.3) is 0 Å². The molecule has 0 amide bonds. The zero-order valence-corrected chi connectivity index (χ0v) is 16.8. The van der Waals surface area contributed by atoms with E-state index in [2.05, 4.69) is 37.8 Å². The second-order valence-corrected chi connectivity index (χ2v) is 21.0. The van der Waals surface area contributed by atoms with Gasteiger partial charge in [-0.1, -0.05) is 20.8 Å². The fraction of sp³-hybridized carbons (Fsp3) is 1.00. The van der Waals surface area contributed by atoms with E-state index in [1.54, 1.807) is 0 Å². The molecular weight excluding hydrogens is 304 g/mol. The average Bonchev–Trinajstić information content (AvgIpc) is 2.86. The van der Waals surface area contributed by atoms with Crippen molar-refractivity contribution in [1.29, 1.82) is 0 Å². The van der Waals surface area contributed by atoms with Gasteiger partial charge in [-0.25, -0.2) is 0 Å². The zero-order chi connectivity index (χ0) is 15.0. The fourth-order valence-corrected chi connectivity index (χ4v) is 21.6. The Morgan fingerprint density at radius 1 is 1.20 bits per heavy atom. The minimum atomic E-state index is -1.57. The van der Waals surface area contributed by atoms with Crippen LogP contribution in [-0.4, -0.2) is 39.4 Å². The Labute approximate surface area is 132 Å². The second-order valence-electron chi connectivity index (χ2n) is 7.95. The number of hydrogen-bond donors (Lipinski definition) is 0. The van der Waals surface area contributed by atoms with Gasteiger partial charge in [-0.05, 0) is 55.4 Å². The van der Waals surface area contributed by atoms with Crippen molar-refractivity contribution in [2.24, 2.45) is 11.3 Å². The second kappa shape index (κ2) is 6.15. The first-order valence-electron chi connectivity index (χ1n) is 7.73. The molecule has 2 fully saturated rings. The summed E-state index contributed by atoms with van der Waals surface area (Å²) in [5.74, 6) is 2.28. The summed E-state index contributed by atoms with van der Waals surface area (Å²) >= 11 is 0. The van der Waals surface area contributed by atoms with Gasteiger partial charge in [0.1, 0.15) is 0 Å². The van der Waals surface area contributed by atoms with Crippen LogP contribution in [0.1, 0.15) is 52.9 Å². The molecule has 0 N–H and O–H groups in total. The predicted molar refractivity (Wildman–Crippen MR) is 95.9 cm³/mol. The highest BCUT2D eigenvalue weighted by Gasteiger charge is 2.51. The summed E-state index contributed by atoms with van der Waals surface area (Å²) in [5.41, 5.74) is 0.354. The Bertz CT molecular complexity index is 333. The summed E-state index contributed by atoms with van der Waals surface area (Å²) in [6.07, 6.45) is 9.74. The molecule has 0 radical (unpaired) electrons. The Kier molecular flexibility index (Phi) is 5.29. The molecule has 2 aliphatic carbocycles. The maximum absolute atomic E-state index is 5.86. The summed E-state index contributed by atoms with van der Waals surface area (Å²) in [7, 11) is 3.62. The normalized spacial score (nSPS) is 34.5. The minimum absolute atomic E-state index is 0.354. The standard InChI is InChI=1S/C15H32O2S2Si/c1-14(2,3)12-19(6,20(16-4)17-5)18-15-9-7-13(11-15)8-10-15/h13,20H,7-12H2,1-6H3. The van der Waals surface area contributed by atoms with Crippen LogP contribution >= 0.6 is 19.3 Å². The van der Waals surface area contributed by atoms with Crippen LogP contribution in [0.5, 0.6) is 0 Å². The Morgan fingerprint density at radius 2 is 1.75 bits per heavy atom. The lowest BCUT2D eigenvalue weighted by atomic mass is 10.0. The average molecular weight is 337 g/mol. The van der Waals surface area contributed by atoms with Crippen LogP contribution in [0.15, 0.2) is 0 Å². The van der Waals surface area contributed by atoms with Gasteiger partial charge in [0.15, 0.2) is 0 Å². The predicted octanol–water partition coefficient (Wildman–Crippen LogP) is 4.46. The fourth-order valence-electron chi connectivity index (χ4n) is 4.16. The number of hydrogen-bond acceptors (Lipinski definition) is 3. The molecule has 2 saturated carbocycles. The van der Waals surface area contributed by atoms with Gasteiger partial charge in [0, 0.05) is 19.0 Å². The van der Waals surface area contributed by atoms with E-state index >= 15 is 0 Å². The van der Waals surface area contributed by atoms with Crippen LogP contribution in [0.4, 0.5) is 0 Å². The lowest BCUT2D eigenvalue weighted by molar-refractivity contribution is 0.300. The van der Waals surface area contributed by atoms with Gasteiger partial charge in [0.25, 0.3) is 0 Å². The van der Waals surface area contributed by atoms with Gasteiger partial charge < -0.3 is 8.85 Å². The lowest BCUT2D eigenvalue weighted by Gasteiger charge is -2.47. The number of rotatable bonds is 6. The van der Waals surface area contributed by atoms with E-state index in [9.17, 15) is 0 Å². The van der Waals surface area contributed by atoms with Crippen LogP contribution in [0.2, 0.25) is 0 Å². The van der Waals surface area contributed by atoms with Gasteiger partial charge in [-0.15, -0.1) is 10.8 Å². The van der Waals surface area contributed by atoms with E-state index in [1.807, 2.05) is 14.2 Å². The highest BCUT2D eigenvalue weighted by Crippen LogP contribution is 2.71.